The molecule has 4 rings (SSSR count). The van der Waals surface area contributed by atoms with Gasteiger partial charge in [-0.15, -0.1) is 0 Å². The Morgan fingerprint density at radius 1 is 1.41 bits per heavy atom. The normalized spacial score (nSPS) is 20.0. The monoisotopic (exact) mass is 315 g/mol. The van der Waals surface area contributed by atoms with Crippen LogP contribution in [0, 0.1) is 0 Å². The molecule has 1 aromatic carbocycles. The van der Waals surface area contributed by atoms with Crippen LogP contribution < -0.4 is 15.0 Å². The van der Waals surface area contributed by atoms with Crippen LogP contribution in [0.5, 0.6) is 5.75 Å². The van der Waals surface area contributed by atoms with Gasteiger partial charge in [-0.2, -0.15) is 0 Å². The number of nitrogens with one attached hydrogen (secondary N) is 1. The molecule has 1 atom stereocenters. The summed E-state index contributed by atoms with van der Waals surface area (Å²) in [6.07, 6.45) is 2.17. The molecule has 2 aromatic rings. The molecule has 0 saturated carbocycles. The molecular weight excluding hydrogens is 302 g/mol. The van der Waals surface area contributed by atoms with Crippen LogP contribution in [-0.2, 0) is 9.59 Å². The predicted molar refractivity (Wildman–Crippen MR) is 82.6 cm³/mol. The minimum Gasteiger partial charge on any atom is -0.481 e. The Kier molecular flexibility index (Phi) is 2.90. The van der Waals surface area contributed by atoms with E-state index >= 15 is 0 Å². The number of likely N-dealkylation sites (N-methyl/N-ethyl adjacent to an activating group) is 1. The van der Waals surface area contributed by atoms with E-state index in [2.05, 4.69) is 9.69 Å². The lowest BCUT2D eigenvalue weighted by Gasteiger charge is -2.31. The zero-order chi connectivity index (χ0) is 15.3. The van der Waals surface area contributed by atoms with Crippen LogP contribution in [-0.4, -0.2) is 29.8 Å². The van der Waals surface area contributed by atoms with Crippen LogP contribution >= 0.6 is 11.5 Å². The van der Waals surface area contributed by atoms with Crippen molar-refractivity contribution < 1.29 is 14.3 Å². The van der Waals surface area contributed by atoms with Gasteiger partial charge >= 0.3 is 0 Å². The minimum absolute atomic E-state index is 0.0219. The minimum atomic E-state index is -0.0824. The van der Waals surface area contributed by atoms with Gasteiger partial charge in [0.05, 0.1) is 5.69 Å². The van der Waals surface area contributed by atoms with E-state index in [0.29, 0.717) is 12.2 Å². The first kappa shape index (κ1) is 13.3. The lowest BCUT2D eigenvalue weighted by atomic mass is 9.86. The van der Waals surface area contributed by atoms with Crippen molar-refractivity contribution in [3.63, 3.8) is 0 Å². The molecule has 7 heteroatoms. The SMILES string of the molecule is CN1C(=O)COc2cc3c(cc21)C(c1cnsc1)CC(=O)N3. The zero-order valence-electron chi connectivity index (χ0n) is 11.8. The van der Waals surface area contributed by atoms with Gasteiger partial charge in [0, 0.05) is 42.7 Å². The summed E-state index contributed by atoms with van der Waals surface area (Å²) >= 11 is 1.37. The molecule has 2 aliphatic heterocycles. The quantitative estimate of drug-likeness (QED) is 0.873. The van der Waals surface area contributed by atoms with Crippen molar-refractivity contribution in [1.29, 1.82) is 0 Å². The van der Waals surface area contributed by atoms with E-state index in [9.17, 15) is 9.59 Å². The van der Waals surface area contributed by atoms with Gasteiger partial charge in [0.1, 0.15) is 5.75 Å². The molecule has 3 heterocycles. The van der Waals surface area contributed by atoms with Gasteiger partial charge in [-0.1, -0.05) is 0 Å². The standard InChI is InChI=1S/C15H13N3O3S/c1-18-12-2-10-9(8-5-16-22-7-8)3-14(19)17-11(10)4-13(12)21-6-15(18)20/h2,4-5,7,9H,3,6H2,1H3,(H,17,19). The first-order valence-corrected chi connectivity index (χ1v) is 7.73. The number of benzene rings is 1. The molecule has 0 radical (unpaired) electrons. The highest BCUT2D eigenvalue weighted by molar-refractivity contribution is 7.03. The molecule has 6 nitrogen and oxygen atoms in total. The Balaban J connectivity index is 1.87. The van der Waals surface area contributed by atoms with Crippen LogP contribution in [0.2, 0.25) is 0 Å². The zero-order valence-corrected chi connectivity index (χ0v) is 12.6. The maximum absolute atomic E-state index is 12.0. The Hall–Kier alpha value is -2.41. The van der Waals surface area contributed by atoms with Crippen LogP contribution in [0.1, 0.15) is 23.5 Å². The second kappa shape index (κ2) is 4.81. The molecule has 0 fully saturated rings. The third-order valence-corrected chi connectivity index (χ3v) is 4.72. The summed E-state index contributed by atoms with van der Waals surface area (Å²) < 4.78 is 9.61. The van der Waals surface area contributed by atoms with Crippen molar-refractivity contribution in [3.8, 4) is 5.75 Å². The van der Waals surface area contributed by atoms with Gasteiger partial charge < -0.3 is 15.0 Å². The molecule has 112 valence electrons. The first-order valence-electron chi connectivity index (χ1n) is 6.90. The van der Waals surface area contributed by atoms with Crippen molar-refractivity contribution >= 4 is 34.7 Å². The number of carbonyl (C=O) groups excluding carboxylic acids is 2. The van der Waals surface area contributed by atoms with Gasteiger partial charge in [-0.05, 0) is 28.7 Å². The van der Waals surface area contributed by atoms with Crippen molar-refractivity contribution in [3.05, 3.63) is 34.8 Å². The molecule has 1 N–H and O–H groups in total. The average Bonchev–Trinajstić information content (AvgIpc) is 3.03. The fraction of sp³-hybridized carbons (Fsp3) is 0.267. The summed E-state index contributed by atoms with van der Waals surface area (Å²) in [5, 5.41) is 4.84. The highest BCUT2D eigenvalue weighted by atomic mass is 32.1. The Bertz CT molecular complexity index is 773. The molecule has 0 bridgehead atoms. The van der Waals surface area contributed by atoms with Crippen molar-refractivity contribution in [2.45, 2.75) is 12.3 Å². The number of ether oxygens (including phenoxy) is 1. The topological polar surface area (TPSA) is 71.5 Å². The Labute approximate surface area is 130 Å². The van der Waals surface area contributed by atoms with Gasteiger partial charge in [0.2, 0.25) is 5.91 Å². The second-order valence-corrected chi connectivity index (χ2v) is 6.07. The summed E-state index contributed by atoms with van der Waals surface area (Å²) in [7, 11) is 1.73. The second-order valence-electron chi connectivity index (χ2n) is 5.41. The average molecular weight is 315 g/mol. The van der Waals surface area contributed by atoms with E-state index < -0.39 is 0 Å². The van der Waals surface area contributed by atoms with Crippen molar-refractivity contribution in [2.24, 2.45) is 0 Å². The van der Waals surface area contributed by atoms with Gasteiger partial charge in [0.25, 0.3) is 5.91 Å². The number of carbonyl (C=O) groups is 2. The lowest BCUT2D eigenvalue weighted by Crippen LogP contribution is -2.36. The summed E-state index contributed by atoms with van der Waals surface area (Å²) in [4.78, 5) is 25.4. The Morgan fingerprint density at radius 2 is 2.27 bits per heavy atom. The van der Waals surface area contributed by atoms with E-state index in [0.717, 1.165) is 22.5 Å². The van der Waals surface area contributed by atoms with E-state index in [4.69, 9.17) is 4.74 Å². The molecule has 1 aromatic heterocycles. The van der Waals surface area contributed by atoms with Crippen LogP contribution in [0.4, 0.5) is 11.4 Å². The highest BCUT2D eigenvalue weighted by Gasteiger charge is 2.31. The fourth-order valence-electron chi connectivity index (χ4n) is 2.91. The maximum Gasteiger partial charge on any atom is 0.264 e. The van der Waals surface area contributed by atoms with Crippen molar-refractivity contribution in [1.82, 2.24) is 4.37 Å². The Morgan fingerprint density at radius 3 is 3.05 bits per heavy atom. The first-order chi connectivity index (χ1) is 10.6. The van der Waals surface area contributed by atoms with Crippen LogP contribution in [0.3, 0.4) is 0 Å². The van der Waals surface area contributed by atoms with E-state index in [1.54, 1.807) is 24.2 Å². The molecule has 0 spiro atoms. The molecule has 2 aliphatic rings. The van der Waals surface area contributed by atoms with E-state index in [1.807, 2.05) is 11.4 Å². The number of hydrogen-bond donors (Lipinski definition) is 1. The molecule has 0 aliphatic carbocycles. The number of amides is 2. The summed E-state index contributed by atoms with van der Waals surface area (Å²) in [6, 6.07) is 3.74. The fourth-order valence-corrected chi connectivity index (χ4v) is 3.50. The summed E-state index contributed by atoms with van der Waals surface area (Å²) in [6.45, 7) is 0.0219. The number of fused-ring (bicyclic) bond motifs is 2. The number of rotatable bonds is 1. The van der Waals surface area contributed by atoms with Gasteiger partial charge in [0.15, 0.2) is 6.61 Å². The molecule has 22 heavy (non-hydrogen) atoms. The molecule has 1 unspecified atom stereocenters. The summed E-state index contributed by atoms with van der Waals surface area (Å²) in [5.41, 5.74) is 3.49. The van der Waals surface area contributed by atoms with Crippen LogP contribution in [0.25, 0.3) is 0 Å². The number of hydrogen-bond acceptors (Lipinski definition) is 5. The predicted octanol–water partition coefficient (Wildman–Crippen LogP) is 1.97. The van der Waals surface area contributed by atoms with Gasteiger partial charge in [-0.3, -0.25) is 9.59 Å². The van der Waals surface area contributed by atoms with E-state index in [1.165, 1.54) is 11.5 Å². The lowest BCUT2D eigenvalue weighted by molar-refractivity contribution is -0.121. The molecular formula is C15H13N3O3S. The summed E-state index contributed by atoms with van der Waals surface area (Å²) in [5.74, 6) is 0.466. The van der Waals surface area contributed by atoms with Gasteiger partial charge in [-0.25, -0.2) is 4.37 Å². The van der Waals surface area contributed by atoms with Crippen molar-refractivity contribution in [2.75, 3.05) is 23.9 Å². The molecule has 2 amide bonds. The number of nitrogens with zero attached hydrogens (tertiary/aromatic N) is 2. The number of anilines is 2. The maximum atomic E-state index is 12.0. The molecule has 0 saturated heterocycles. The third kappa shape index (κ3) is 1.97. The highest BCUT2D eigenvalue weighted by Crippen LogP contribution is 2.44. The third-order valence-electron chi connectivity index (χ3n) is 4.11. The largest absolute Gasteiger partial charge is 0.481 e. The number of aromatic nitrogens is 1. The van der Waals surface area contributed by atoms with E-state index in [-0.39, 0.29) is 24.3 Å². The van der Waals surface area contributed by atoms with Crippen LogP contribution in [0.15, 0.2) is 23.7 Å². The smallest absolute Gasteiger partial charge is 0.264 e.